The van der Waals surface area contributed by atoms with Crippen molar-refractivity contribution in [3.63, 3.8) is 0 Å². The summed E-state index contributed by atoms with van der Waals surface area (Å²) in [6.07, 6.45) is 0. The molecule has 3 nitrogen and oxygen atoms in total. The molecule has 0 N–H and O–H groups in total. The van der Waals surface area contributed by atoms with Crippen molar-refractivity contribution in [2.24, 2.45) is 0 Å². The highest BCUT2D eigenvalue weighted by molar-refractivity contribution is 6.18. The molecule has 5 heteroatoms. The van der Waals surface area contributed by atoms with E-state index >= 15 is 0 Å². The zero-order valence-corrected chi connectivity index (χ0v) is 11.6. The van der Waals surface area contributed by atoms with Gasteiger partial charge in [0.05, 0.1) is 0 Å². The molecule has 1 fully saturated rings. The monoisotopic (exact) mass is 286 g/mol. The van der Waals surface area contributed by atoms with E-state index in [-0.39, 0.29) is 5.91 Å². The smallest absolute Gasteiger partial charge is 0.254 e. The Kier molecular flexibility index (Phi) is 4.72. The van der Waals surface area contributed by atoms with Gasteiger partial charge in [-0.25, -0.2) is 0 Å². The van der Waals surface area contributed by atoms with Crippen molar-refractivity contribution >= 4 is 34.8 Å². The molecule has 0 radical (unpaired) electrons. The third-order valence-corrected chi connectivity index (χ3v) is 3.24. The van der Waals surface area contributed by atoms with Crippen LogP contribution in [0.2, 0.25) is 0 Å². The van der Waals surface area contributed by atoms with E-state index in [1.165, 1.54) is 0 Å². The van der Waals surface area contributed by atoms with Crippen LogP contribution in [0.3, 0.4) is 0 Å². The van der Waals surface area contributed by atoms with Crippen LogP contribution in [0.4, 0.5) is 5.69 Å². The van der Waals surface area contributed by atoms with Crippen LogP contribution in [-0.4, -0.2) is 48.7 Å². The third kappa shape index (κ3) is 3.30. The molecule has 18 heavy (non-hydrogen) atoms. The molecule has 0 bridgehead atoms. The molecule has 98 valence electrons. The molecule has 0 unspecified atom stereocenters. The van der Waals surface area contributed by atoms with Gasteiger partial charge in [0.15, 0.2) is 0 Å². The van der Waals surface area contributed by atoms with Crippen LogP contribution in [0.5, 0.6) is 0 Å². The van der Waals surface area contributed by atoms with E-state index in [9.17, 15) is 4.79 Å². The lowest BCUT2D eigenvalue weighted by atomic mass is 10.1. The zero-order chi connectivity index (χ0) is 13.0. The van der Waals surface area contributed by atoms with Gasteiger partial charge in [-0.3, -0.25) is 4.79 Å². The van der Waals surface area contributed by atoms with Gasteiger partial charge in [-0.05, 0) is 18.2 Å². The summed E-state index contributed by atoms with van der Waals surface area (Å²) in [5, 5.41) is 0. The number of amides is 1. The predicted molar refractivity (Wildman–Crippen MR) is 76.0 cm³/mol. The summed E-state index contributed by atoms with van der Waals surface area (Å²) in [6.45, 7) is 3.21. The van der Waals surface area contributed by atoms with Crippen LogP contribution in [0.15, 0.2) is 24.3 Å². The molecule has 2 rings (SSSR count). The lowest BCUT2D eigenvalue weighted by Gasteiger charge is -2.23. The minimum atomic E-state index is 0.105. The van der Waals surface area contributed by atoms with Gasteiger partial charge in [0, 0.05) is 49.2 Å². The summed E-state index contributed by atoms with van der Waals surface area (Å²) >= 11 is 11.6. The standard InChI is InChI=1S/C13H16Cl2N2O/c14-4-6-16(7-5-15)12-3-1-2-11(10-12)13(18)17-8-9-17/h1-3,10H,4-9H2. The highest BCUT2D eigenvalue weighted by Gasteiger charge is 2.25. The second-order valence-electron chi connectivity index (χ2n) is 4.21. The van der Waals surface area contributed by atoms with Crippen molar-refractivity contribution in [2.75, 3.05) is 42.8 Å². The highest BCUT2D eigenvalue weighted by Crippen LogP contribution is 2.19. The van der Waals surface area contributed by atoms with Crippen molar-refractivity contribution in [3.05, 3.63) is 29.8 Å². The average molecular weight is 287 g/mol. The van der Waals surface area contributed by atoms with E-state index in [4.69, 9.17) is 23.2 Å². The summed E-state index contributed by atoms with van der Waals surface area (Å²) in [4.78, 5) is 15.9. The summed E-state index contributed by atoms with van der Waals surface area (Å²) in [5.74, 6) is 1.19. The van der Waals surface area contributed by atoms with Crippen LogP contribution < -0.4 is 4.90 Å². The van der Waals surface area contributed by atoms with Gasteiger partial charge < -0.3 is 9.80 Å². The fourth-order valence-electron chi connectivity index (χ4n) is 1.85. The molecule has 1 aliphatic rings. The molecule has 0 atom stereocenters. The average Bonchev–Trinajstić information content (AvgIpc) is 3.22. The molecule has 0 aromatic heterocycles. The number of benzene rings is 1. The summed E-state index contributed by atoms with van der Waals surface area (Å²) < 4.78 is 0. The molecule has 1 amide bonds. The predicted octanol–water partition coefficient (Wildman–Crippen LogP) is 2.43. The molecular formula is C13H16Cl2N2O. The largest absolute Gasteiger partial charge is 0.369 e. The Morgan fingerprint density at radius 2 is 1.89 bits per heavy atom. The minimum absolute atomic E-state index is 0.105. The Bertz CT molecular complexity index is 415. The number of rotatable bonds is 6. The number of carbonyl (C=O) groups excluding carboxylic acids is 1. The first-order chi connectivity index (χ1) is 8.76. The molecule has 1 aliphatic heterocycles. The lowest BCUT2D eigenvalue weighted by Crippen LogP contribution is -2.27. The van der Waals surface area contributed by atoms with Crippen LogP contribution in [0.1, 0.15) is 10.4 Å². The Morgan fingerprint density at radius 1 is 1.22 bits per heavy atom. The number of nitrogens with zero attached hydrogens (tertiary/aromatic N) is 2. The maximum Gasteiger partial charge on any atom is 0.254 e. The molecule has 1 saturated heterocycles. The van der Waals surface area contributed by atoms with Crippen LogP contribution in [-0.2, 0) is 0 Å². The van der Waals surface area contributed by atoms with Gasteiger partial charge in [-0.1, -0.05) is 6.07 Å². The van der Waals surface area contributed by atoms with E-state index in [2.05, 4.69) is 4.90 Å². The van der Waals surface area contributed by atoms with Crippen LogP contribution in [0.25, 0.3) is 0 Å². The third-order valence-electron chi connectivity index (χ3n) is 2.90. The number of hydrogen-bond acceptors (Lipinski definition) is 2. The quantitative estimate of drug-likeness (QED) is 0.592. The highest BCUT2D eigenvalue weighted by atomic mass is 35.5. The normalized spacial score (nSPS) is 13.6. The first-order valence-electron chi connectivity index (χ1n) is 6.02. The van der Waals surface area contributed by atoms with Crippen molar-refractivity contribution < 1.29 is 4.79 Å². The SMILES string of the molecule is O=C(c1cccc(N(CCCl)CCCl)c1)N1CC1. The second-order valence-corrected chi connectivity index (χ2v) is 4.96. The fourth-order valence-corrected chi connectivity index (χ4v) is 2.25. The maximum atomic E-state index is 12.0. The fraction of sp³-hybridized carbons (Fsp3) is 0.462. The number of anilines is 1. The first kappa shape index (κ1) is 13.5. The van der Waals surface area contributed by atoms with Crippen molar-refractivity contribution in [1.29, 1.82) is 0 Å². The van der Waals surface area contributed by atoms with Gasteiger partial charge in [-0.15, -0.1) is 23.2 Å². The van der Waals surface area contributed by atoms with Gasteiger partial charge in [-0.2, -0.15) is 0 Å². The Balaban J connectivity index is 2.15. The number of carbonyl (C=O) groups is 1. The lowest BCUT2D eigenvalue weighted by molar-refractivity contribution is 0.0885. The maximum absolute atomic E-state index is 12.0. The van der Waals surface area contributed by atoms with E-state index in [0.717, 1.165) is 37.4 Å². The molecule has 0 spiro atoms. The zero-order valence-electron chi connectivity index (χ0n) is 10.1. The van der Waals surface area contributed by atoms with Crippen molar-refractivity contribution in [1.82, 2.24) is 4.90 Å². The van der Waals surface area contributed by atoms with Crippen LogP contribution in [0, 0.1) is 0 Å². The second kappa shape index (κ2) is 6.30. The molecule has 0 saturated carbocycles. The van der Waals surface area contributed by atoms with E-state index < -0.39 is 0 Å². The summed E-state index contributed by atoms with van der Waals surface area (Å²) in [6, 6.07) is 7.66. The number of halogens is 2. The Hall–Kier alpha value is -0.930. The number of hydrogen-bond donors (Lipinski definition) is 0. The summed E-state index contributed by atoms with van der Waals surface area (Å²) in [7, 11) is 0. The van der Waals surface area contributed by atoms with Crippen molar-refractivity contribution in [2.45, 2.75) is 0 Å². The van der Waals surface area contributed by atoms with Crippen molar-refractivity contribution in [3.8, 4) is 0 Å². The molecular weight excluding hydrogens is 271 g/mol. The van der Waals surface area contributed by atoms with Gasteiger partial charge in [0.1, 0.15) is 0 Å². The Labute approximate surface area is 117 Å². The summed E-state index contributed by atoms with van der Waals surface area (Å²) in [5.41, 5.74) is 1.74. The Morgan fingerprint density at radius 3 is 2.44 bits per heavy atom. The molecule has 1 heterocycles. The van der Waals surface area contributed by atoms with Gasteiger partial charge in [0.2, 0.25) is 0 Å². The van der Waals surface area contributed by atoms with E-state index in [1.54, 1.807) is 0 Å². The molecule has 1 aromatic rings. The molecule has 0 aliphatic carbocycles. The first-order valence-corrected chi connectivity index (χ1v) is 7.09. The van der Waals surface area contributed by atoms with Crippen LogP contribution >= 0.6 is 23.2 Å². The molecule has 1 aromatic carbocycles. The minimum Gasteiger partial charge on any atom is -0.369 e. The topological polar surface area (TPSA) is 23.3 Å². The van der Waals surface area contributed by atoms with Gasteiger partial charge >= 0.3 is 0 Å². The van der Waals surface area contributed by atoms with Gasteiger partial charge in [0.25, 0.3) is 5.91 Å². The van der Waals surface area contributed by atoms with E-state index in [0.29, 0.717) is 11.8 Å². The van der Waals surface area contributed by atoms with E-state index in [1.807, 2.05) is 29.2 Å². The number of alkyl halides is 2.